The molecule has 3 aromatic rings. The molecule has 0 atom stereocenters. The Labute approximate surface area is 171 Å². The average molecular weight is 443 g/mol. The Hall–Kier alpha value is -1.61. The molecule has 2 aromatic heterocycles. The first-order valence-electron chi connectivity index (χ1n) is 8.44. The molecule has 6 nitrogen and oxygen atoms in total. The van der Waals surface area contributed by atoms with E-state index in [2.05, 4.69) is 19.5 Å². The molecule has 0 spiro atoms. The highest BCUT2D eigenvalue weighted by molar-refractivity contribution is 7.93. The topological polar surface area (TPSA) is 76.9 Å². The number of fused-ring (bicyclic) bond motifs is 1. The summed E-state index contributed by atoms with van der Waals surface area (Å²) < 4.78 is 30.4. The molecule has 0 amide bonds. The molecule has 0 aliphatic carbocycles. The van der Waals surface area contributed by atoms with Crippen molar-refractivity contribution in [3.8, 4) is 11.4 Å². The maximum absolute atomic E-state index is 12.6. The zero-order valence-corrected chi connectivity index (χ0v) is 17.3. The number of hydrogen-bond donors (Lipinski definition) is 1. The van der Waals surface area contributed by atoms with Gasteiger partial charge in [0.05, 0.1) is 4.34 Å². The number of nitrogens with zero attached hydrogens (tertiary/aromatic N) is 3. The van der Waals surface area contributed by atoms with Crippen molar-refractivity contribution in [3.05, 3.63) is 44.8 Å². The van der Waals surface area contributed by atoms with Gasteiger partial charge in [0.1, 0.15) is 15.1 Å². The third-order valence-electron chi connectivity index (χ3n) is 4.40. The summed E-state index contributed by atoms with van der Waals surface area (Å²) in [5.41, 5.74) is 1.24. The van der Waals surface area contributed by atoms with Crippen LogP contribution in [0.3, 0.4) is 0 Å². The van der Waals surface area contributed by atoms with E-state index in [1.165, 1.54) is 12.5 Å². The average Bonchev–Trinajstić information content (AvgIpc) is 3.09. The number of anilines is 1. The summed E-state index contributed by atoms with van der Waals surface area (Å²) in [6.45, 7) is 0.872. The summed E-state index contributed by atoms with van der Waals surface area (Å²) in [7, 11) is -3.83. The minimum atomic E-state index is -3.83. The van der Waals surface area contributed by atoms with Crippen molar-refractivity contribution in [2.24, 2.45) is 0 Å². The van der Waals surface area contributed by atoms with E-state index < -0.39 is 10.0 Å². The van der Waals surface area contributed by atoms with Crippen LogP contribution in [0.2, 0.25) is 8.67 Å². The summed E-state index contributed by atoms with van der Waals surface area (Å²) in [6, 6.07) is 8.46. The Morgan fingerprint density at radius 3 is 2.74 bits per heavy atom. The predicted molar refractivity (Wildman–Crippen MR) is 108 cm³/mol. The summed E-state index contributed by atoms with van der Waals surface area (Å²) in [4.78, 5) is -0.0269. The van der Waals surface area contributed by atoms with E-state index >= 15 is 0 Å². The molecule has 10 heteroatoms. The van der Waals surface area contributed by atoms with Gasteiger partial charge in [-0.2, -0.15) is 0 Å². The lowest BCUT2D eigenvalue weighted by Gasteiger charge is -2.10. The van der Waals surface area contributed by atoms with E-state index in [1.54, 1.807) is 18.2 Å². The molecule has 142 valence electrons. The molecule has 0 saturated heterocycles. The van der Waals surface area contributed by atoms with Gasteiger partial charge >= 0.3 is 0 Å². The number of benzene rings is 1. The first-order valence-corrected chi connectivity index (χ1v) is 11.5. The molecular formula is C17H16Cl2N4O2S2. The predicted octanol–water partition coefficient (Wildman–Crippen LogP) is 4.84. The van der Waals surface area contributed by atoms with Crippen molar-refractivity contribution < 1.29 is 8.42 Å². The van der Waals surface area contributed by atoms with Gasteiger partial charge in [-0.1, -0.05) is 41.8 Å². The number of nitrogens with one attached hydrogen (secondary N) is 1. The summed E-state index contributed by atoms with van der Waals surface area (Å²) in [5.74, 6) is 1.73. The van der Waals surface area contributed by atoms with E-state index in [0.717, 1.165) is 54.4 Å². The Morgan fingerprint density at radius 1 is 1.11 bits per heavy atom. The Morgan fingerprint density at radius 2 is 1.96 bits per heavy atom. The van der Waals surface area contributed by atoms with Crippen LogP contribution in [0.25, 0.3) is 11.4 Å². The molecule has 0 saturated carbocycles. The fraction of sp³-hybridized carbons (Fsp3) is 0.294. The second-order valence-electron chi connectivity index (χ2n) is 6.28. The van der Waals surface area contributed by atoms with Crippen LogP contribution in [-0.2, 0) is 23.0 Å². The maximum Gasteiger partial charge on any atom is 0.264 e. The van der Waals surface area contributed by atoms with E-state index in [0.29, 0.717) is 10.0 Å². The lowest BCUT2D eigenvalue weighted by molar-refractivity contribution is 0.601. The minimum absolute atomic E-state index is 0.0269. The van der Waals surface area contributed by atoms with Gasteiger partial charge in [0.25, 0.3) is 10.0 Å². The molecular weight excluding hydrogens is 427 g/mol. The van der Waals surface area contributed by atoms with Gasteiger partial charge in [-0.15, -0.1) is 21.5 Å². The SMILES string of the molecule is O=S(=O)(Nc1cccc(-c2nnc3n2CCCCC3)c1)c1cc(Cl)sc1Cl. The second-order valence-corrected chi connectivity index (χ2v) is 10.2. The molecule has 0 unspecified atom stereocenters. The number of halogens is 2. The fourth-order valence-electron chi connectivity index (χ4n) is 3.14. The zero-order valence-electron chi connectivity index (χ0n) is 14.2. The largest absolute Gasteiger partial charge is 0.311 e. The van der Waals surface area contributed by atoms with Crippen LogP contribution >= 0.6 is 34.5 Å². The van der Waals surface area contributed by atoms with Crippen LogP contribution in [0.4, 0.5) is 5.69 Å². The van der Waals surface area contributed by atoms with Gasteiger partial charge in [-0.05, 0) is 31.0 Å². The smallest absolute Gasteiger partial charge is 0.264 e. The van der Waals surface area contributed by atoms with Crippen LogP contribution in [0.1, 0.15) is 25.1 Å². The normalized spacial score (nSPS) is 14.6. The quantitative estimate of drug-likeness (QED) is 0.626. The van der Waals surface area contributed by atoms with E-state index in [4.69, 9.17) is 23.2 Å². The summed E-state index contributed by atoms with van der Waals surface area (Å²) in [6.07, 6.45) is 4.28. The first kappa shape index (κ1) is 18.7. The van der Waals surface area contributed by atoms with E-state index in [-0.39, 0.29) is 9.23 Å². The van der Waals surface area contributed by atoms with Crippen molar-refractivity contribution in [1.29, 1.82) is 0 Å². The highest BCUT2D eigenvalue weighted by Gasteiger charge is 2.22. The summed E-state index contributed by atoms with van der Waals surface area (Å²) >= 11 is 12.9. The third kappa shape index (κ3) is 3.85. The molecule has 0 radical (unpaired) electrons. The molecule has 1 N–H and O–H groups in total. The maximum atomic E-state index is 12.6. The second kappa shape index (κ2) is 7.43. The number of aromatic nitrogens is 3. The van der Waals surface area contributed by atoms with Crippen LogP contribution in [0, 0.1) is 0 Å². The van der Waals surface area contributed by atoms with Gasteiger partial charge < -0.3 is 4.57 Å². The van der Waals surface area contributed by atoms with Crippen molar-refractivity contribution in [3.63, 3.8) is 0 Å². The zero-order chi connectivity index (χ0) is 19.0. The molecule has 3 heterocycles. The monoisotopic (exact) mass is 442 g/mol. The van der Waals surface area contributed by atoms with Crippen molar-refractivity contribution in [2.45, 2.75) is 37.1 Å². The molecule has 0 bridgehead atoms. The molecule has 4 rings (SSSR count). The molecule has 1 aromatic carbocycles. The number of thiophene rings is 1. The van der Waals surface area contributed by atoms with Gasteiger partial charge in [-0.3, -0.25) is 4.72 Å². The van der Waals surface area contributed by atoms with Gasteiger partial charge in [0.2, 0.25) is 0 Å². The number of aryl methyl sites for hydroxylation is 1. The van der Waals surface area contributed by atoms with Crippen LogP contribution < -0.4 is 4.72 Å². The molecule has 1 aliphatic heterocycles. The molecule has 27 heavy (non-hydrogen) atoms. The van der Waals surface area contributed by atoms with E-state index in [1.807, 2.05) is 6.07 Å². The van der Waals surface area contributed by atoms with Crippen LogP contribution in [0.5, 0.6) is 0 Å². The molecule has 0 fully saturated rings. The van der Waals surface area contributed by atoms with Gasteiger partial charge in [-0.25, -0.2) is 8.42 Å². The number of hydrogen-bond acceptors (Lipinski definition) is 5. The Kier molecular flexibility index (Phi) is 5.15. The standard InChI is InChI=1S/C17H16Cl2N4O2S2/c18-14-10-13(16(19)26-14)27(24,25)22-12-6-4-5-11(9-12)17-21-20-15-7-2-1-3-8-23(15)17/h4-6,9-10,22H,1-3,7-8H2. The Bertz CT molecular complexity index is 1090. The lowest BCUT2D eigenvalue weighted by atomic mass is 10.2. The molecule has 1 aliphatic rings. The first-order chi connectivity index (χ1) is 12.9. The van der Waals surface area contributed by atoms with Crippen molar-refractivity contribution >= 4 is 50.2 Å². The number of sulfonamides is 1. The van der Waals surface area contributed by atoms with Crippen LogP contribution in [0.15, 0.2) is 35.2 Å². The van der Waals surface area contributed by atoms with Gasteiger partial charge in [0, 0.05) is 24.2 Å². The fourth-order valence-corrected chi connectivity index (χ4v) is 6.34. The number of rotatable bonds is 4. The highest BCUT2D eigenvalue weighted by Crippen LogP contribution is 2.35. The summed E-state index contributed by atoms with van der Waals surface area (Å²) in [5, 5.41) is 8.62. The highest BCUT2D eigenvalue weighted by atomic mass is 35.5. The Balaban J connectivity index is 1.66. The van der Waals surface area contributed by atoms with Crippen molar-refractivity contribution in [2.75, 3.05) is 4.72 Å². The van der Waals surface area contributed by atoms with Crippen molar-refractivity contribution in [1.82, 2.24) is 14.8 Å². The van der Waals surface area contributed by atoms with Crippen LogP contribution in [-0.4, -0.2) is 23.2 Å². The van der Waals surface area contributed by atoms with E-state index in [9.17, 15) is 8.42 Å². The van der Waals surface area contributed by atoms with Gasteiger partial charge in [0.15, 0.2) is 5.82 Å². The third-order valence-corrected chi connectivity index (χ3v) is 7.53. The minimum Gasteiger partial charge on any atom is -0.311 e. The lowest BCUT2D eigenvalue weighted by Crippen LogP contribution is -2.12.